The zero-order valence-electron chi connectivity index (χ0n) is 10.8. The topological polar surface area (TPSA) is 49.4 Å². The molecular formula is C13H17BrN2O2. The lowest BCUT2D eigenvalue weighted by Crippen LogP contribution is -2.30. The molecule has 5 heteroatoms. The number of hydrogen-bond acceptors (Lipinski definition) is 2. The van der Waals surface area contributed by atoms with Crippen LogP contribution in [0.1, 0.15) is 22.3 Å². The summed E-state index contributed by atoms with van der Waals surface area (Å²) in [6, 6.07) is 5.53. The summed E-state index contributed by atoms with van der Waals surface area (Å²) in [5.74, 6) is -0.174. The van der Waals surface area contributed by atoms with Crippen molar-refractivity contribution < 1.29 is 9.59 Å². The minimum atomic E-state index is -0.173. The molecule has 0 radical (unpaired) electrons. The average molecular weight is 313 g/mol. The highest BCUT2D eigenvalue weighted by atomic mass is 79.9. The first kappa shape index (κ1) is 14.7. The summed E-state index contributed by atoms with van der Waals surface area (Å²) in [4.78, 5) is 24.7. The fraction of sp³-hybridized carbons (Fsp3) is 0.385. The maximum absolute atomic E-state index is 11.9. The first-order valence-corrected chi connectivity index (χ1v) is 6.45. The molecule has 0 unspecified atom stereocenters. The highest BCUT2D eigenvalue weighted by Gasteiger charge is 2.10. The van der Waals surface area contributed by atoms with Crippen molar-refractivity contribution in [2.75, 3.05) is 20.6 Å². The van der Waals surface area contributed by atoms with Crippen LogP contribution in [0.2, 0.25) is 0 Å². The van der Waals surface area contributed by atoms with Crippen LogP contribution in [0.5, 0.6) is 0 Å². The van der Waals surface area contributed by atoms with Gasteiger partial charge in [-0.15, -0.1) is 0 Å². The molecule has 18 heavy (non-hydrogen) atoms. The van der Waals surface area contributed by atoms with Gasteiger partial charge in [-0.05, 0) is 40.5 Å². The monoisotopic (exact) mass is 312 g/mol. The van der Waals surface area contributed by atoms with E-state index < -0.39 is 0 Å². The molecule has 0 saturated carbocycles. The molecule has 0 aromatic heterocycles. The second-order valence-corrected chi connectivity index (χ2v) is 5.13. The molecule has 0 heterocycles. The standard InChI is InChI=1S/C13H17BrN2O2/c1-9-4-5-10(11(14)8-9)13(18)15-7-6-12(17)16(2)3/h4-5,8H,6-7H2,1-3H3,(H,15,18). The summed E-state index contributed by atoms with van der Waals surface area (Å²) in [7, 11) is 3.39. The number of benzene rings is 1. The van der Waals surface area contributed by atoms with Gasteiger partial charge in [0.05, 0.1) is 5.56 Å². The van der Waals surface area contributed by atoms with Gasteiger partial charge >= 0.3 is 0 Å². The summed E-state index contributed by atoms with van der Waals surface area (Å²) < 4.78 is 0.763. The number of aryl methyl sites for hydroxylation is 1. The van der Waals surface area contributed by atoms with Gasteiger partial charge in [-0.1, -0.05) is 6.07 Å². The van der Waals surface area contributed by atoms with Crippen LogP contribution in [0.15, 0.2) is 22.7 Å². The van der Waals surface area contributed by atoms with E-state index in [1.807, 2.05) is 19.1 Å². The third-order valence-corrected chi connectivity index (χ3v) is 3.15. The molecule has 4 nitrogen and oxygen atoms in total. The van der Waals surface area contributed by atoms with Gasteiger partial charge < -0.3 is 10.2 Å². The van der Waals surface area contributed by atoms with E-state index in [9.17, 15) is 9.59 Å². The number of amides is 2. The van der Waals surface area contributed by atoms with Crippen molar-refractivity contribution in [2.24, 2.45) is 0 Å². The smallest absolute Gasteiger partial charge is 0.252 e. The van der Waals surface area contributed by atoms with E-state index in [4.69, 9.17) is 0 Å². The lowest BCUT2D eigenvalue weighted by molar-refractivity contribution is -0.128. The van der Waals surface area contributed by atoms with Crippen molar-refractivity contribution in [3.8, 4) is 0 Å². The van der Waals surface area contributed by atoms with Gasteiger partial charge in [-0.25, -0.2) is 0 Å². The summed E-state index contributed by atoms with van der Waals surface area (Å²) in [6.45, 7) is 2.30. The van der Waals surface area contributed by atoms with E-state index in [-0.39, 0.29) is 11.8 Å². The SMILES string of the molecule is Cc1ccc(C(=O)NCCC(=O)N(C)C)c(Br)c1. The van der Waals surface area contributed by atoms with Crippen molar-refractivity contribution in [3.63, 3.8) is 0 Å². The van der Waals surface area contributed by atoms with Gasteiger partial charge in [0.1, 0.15) is 0 Å². The molecule has 1 aromatic rings. The molecule has 0 spiro atoms. The van der Waals surface area contributed by atoms with Crippen LogP contribution in [0, 0.1) is 6.92 Å². The van der Waals surface area contributed by atoms with Crippen LogP contribution in [0.25, 0.3) is 0 Å². The van der Waals surface area contributed by atoms with Crippen LogP contribution >= 0.6 is 15.9 Å². The predicted molar refractivity (Wildman–Crippen MR) is 74.5 cm³/mol. The normalized spacial score (nSPS) is 10.0. The van der Waals surface area contributed by atoms with Crippen LogP contribution in [-0.2, 0) is 4.79 Å². The van der Waals surface area contributed by atoms with Gasteiger partial charge in [-0.3, -0.25) is 9.59 Å². The Labute approximate surface area is 115 Å². The van der Waals surface area contributed by atoms with Gasteiger partial charge in [-0.2, -0.15) is 0 Å². The maximum atomic E-state index is 11.9. The average Bonchev–Trinajstić information content (AvgIpc) is 2.28. The highest BCUT2D eigenvalue weighted by Crippen LogP contribution is 2.18. The van der Waals surface area contributed by atoms with E-state index in [1.54, 1.807) is 20.2 Å². The van der Waals surface area contributed by atoms with Crippen LogP contribution < -0.4 is 5.32 Å². The molecule has 0 fully saturated rings. The van der Waals surface area contributed by atoms with Crippen LogP contribution in [-0.4, -0.2) is 37.4 Å². The molecule has 0 aliphatic rings. The number of nitrogens with one attached hydrogen (secondary N) is 1. The van der Waals surface area contributed by atoms with E-state index in [0.717, 1.165) is 10.0 Å². The Morgan fingerprint density at radius 1 is 1.33 bits per heavy atom. The number of rotatable bonds is 4. The fourth-order valence-electron chi connectivity index (χ4n) is 1.41. The number of carbonyl (C=O) groups excluding carboxylic acids is 2. The lowest BCUT2D eigenvalue weighted by Gasteiger charge is -2.11. The second kappa shape index (κ2) is 6.54. The highest BCUT2D eigenvalue weighted by molar-refractivity contribution is 9.10. The molecule has 0 bridgehead atoms. The van der Waals surface area contributed by atoms with E-state index >= 15 is 0 Å². The second-order valence-electron chi connectivity index (χ2n) is 4.28. The Morgan fingerprint density at radius 3 is 2.56 bits per heavy atom. The molecule has 1 rings (SSSR count). The van der Waals surface area contributed by atoms with E-state index in [0.29, 0.717) is 18.5 Å². The Hall–Kier alpha value is -1.36. The fourth-order valence-corrected chi connectivity index (χ4v) is 2.08. The van der Waals surface area contributed by atoms with E-state index in [1.165, 1.54) is 4.90 Å². The Bertz CT molecular complexity index is 458. The Morgan fingerprint density at radius 2 is 2.00 bits per heavy atom. The molecular weight excluding hydrogens is 296 g/mol. The van der Waals surface area contributed by atoms with Crippen molar-refractivity contribution in [1.29, 1.82) is 0 Å². The minimum absolute atomic E-state index is 0.00160. The van der Waals surface area contributed by atoms with Gasteiger partial charge in [0.25, 0.3) is 5.91 Å². The zero-order valence-corrected chi connectivity index (χ0v) is 12.4. The molecule has 0 aliphatic heterocycles. The number of hydrogen-bond donors (Lipinski definition) is 1. The summed E-state index contributed by atoms with van der Waals surface area (Å²) in [5.41, 5.74) is 1.67. The molecule has 1 aromatic carbocycles. The maximum Gasteiger partial charge on any atom is 0.252 e. The van der Waals surface area contributed by atoms with Crippen LogP contribution in [0.3, 0.4) is 0 Å². The Kier molecular flexibility index (Phi) is 5.34. The predicted octanol–water partition coefficient (Wildman–Crippen LogP) is 1.97. The quantitative estimate of drug-likeness (QED) is 0.924. The lowest BCUT2D eigenvalue weighted by atomic mass is 10.1. The summed E-state index contributed by atoms with van der Waals surface area (Å²) >= 11 is 3.36. The van der Waals surface area contributed by atoms with Crippen molar-refractivity contribution in [3.05, 3.63) is 33.8 Å². The number of carbonyl (C=O) groups is 2. The molecule has 0 atom stereocenters. The number of nitrogens with zero attached hydrogens (tertiary/aromatic N) is 1. The van der Waals surface area contributed by atoms with Gasteiger partial charge in [0.2, 0.25) is 5.91 Å². The Balaban J connectivity index is 2.53. The van der Waals surface area contributed by atoms with Gasteiger partial charge in [0, 0.05) is 31.5 Å². The number of halogens is 1. The summed E-state index contributed by atoms with van der Waals surface area (Å²) in [5, 5.41) is 2.73. The minimum Gasteiger partial charge on any atom is -0.351 e. The van der Waals surface area contributed by atoms with Crippen molar-refractivity contribution >= 4 is 27.7 Å². The van der Waals surface area contributed by atoms with Crippen molar-refractivity contribution in [1.82, 2.24) is 10.2 Å². The molecule has 0 saturated heterocycles. The molecule has 98 valence electrons. The van der Waals surface area contributed by atoms with Crippen LogP contribution in [0.4, 0.5) is 0 Å². The van der Waals surface area contributed by atoms with Gasteiger partial charge in [0.15, 0.2) is 0 Å². The first-order valence-electron chi connectivity index (χ1n) is 5.66. The molecule has 0 aliphatic carbocycles. The third-order valence-electron chi connectivity index (χ3n) is 2.49. The van der Waals surface area contributed by atoms with E-state index in [2.05, 4.69) is 21.2 Å². The first-order chi connectivity index (χ1) is 8.41. The molecule has 1 N–H and O–H groups in total. The third kappa shape index (κ3) is 4.14. The summed E-state index contributed by atoms with van der Waals surface area (Å²) in [6.07, 6.45) is 0.308. The molecule has 2 amide bonds. The zero-order chi connectivity index (χ0) is 13.7. The largest absolute Gasteiger partial charge is 0.351 e. The van der Waals surface area contributed by atoms with Crippen molar-refractivity contribution in [2.45, 2.75) is 13.3 Å².